The first-order valence-electron chi connectivity index (χ1n) is 10.3. The van der Waals surface area contributed by atoms with Crippen molar-refractivity contribution >= 4 is 5.91 Å². The number of nitrogens with one attached hydrogen (secondary N) is 1. The van der Waals surface area contributed by atoms with E-state index in [2.05, 4.69) is 57.1 Å². The maximum atomic E-state index is 13.1. The molecular weight excluding hydrogens is 390 g/mol. The van der Waals surface area contributed by atoms with E-state index in [9.17, 15) is 4.79 Å². The van der Waals surface area contributed by atoms with Crippen LogP contribution in [0.1, 0.15) is 35.6 Å². The van der Waals surface area contributed by atoms with E-state index in [1.165, 1.54) is 5.56 Å². The molecule has 31 heavy (non-hydrogen) atoms. The van der Waals surface area contributed by atoms with Crippen LogP contribution in [-0.4, -0.2) is 41.9 Å². The minimum atomic E-state index is -0.152. The number of carbonyl (C=O) groups excluding carboxylic acids is 1. The maximum Gasteiger partial charge on any atom is 0.251 e. The Balaban J connectivity index is 1.68. The van der Waals surface area contributed by atoms with Gasteiger partial charge < -0.3 is 5.32 Å². The minimum absolute atomic E-state index is 0.0851. The summed E-state index contributed by atoms with van der Waals surface area (Å²) in [7, 11) is 0. The molecule has 2 aromatic carbocycles. The van der Waals surface area contributed by atoms with Crippen LogP contribution in [-0.2, 0) is 13.0 Å². The molecular formula is C23H25N7O. The second kappa shape index (κ2) is 8.91. The summed E-state index contributed by atoms with van der Waals surface area (Å²) in [6.07, 6.45) is 4.29. The van der Waals surface area contributed by atoms with Gasteiger partial charge in [0.1, 0.15) is 0 Å². The molecule has 0 spiro atoms. The summed E-state index contributed by atoms with van der Waals surface area (Å²) in [6, 6.07) is 15.7. The molecule has 8 nitrogen and oxygen atoms in total. The molecule has 0 aliphatic heterocycles. The van der Waals surface area contributed by atoms with Crippen LogP contribution >= 0.6 is 0 Å². The molecule has 4 rings (SSSR count). The molecule has 1 atom stereocenters. The molecule has 1 amide bonds. The van der Waals surface area contributed by atoms with Gasteiger partial charge in [0, 0.05) is 30.4 Å². The van der Waals surface area contributed by atoms with E-state index in [1.807, 2.05) is 44.3 Å². The van der Waals surface area contributed by atoms with Gasteiger partial charge in [-0.2, -0.15) is 9.78 Å². The van der Waals surface area contributed by atoms with E-state index in [0.717, 1.165) is 22.6 Å². The van der Waals surface area contributed by atoms with Crippen molar-refractivity contribution in [2.45, 2.75) is 39.8 Å². The lowest BCUT2D eigenvalue weighted by atomic mass is 10.0. The Bertz CT molecular complexity index is 1160. The van der Waals surface area contributed by atoms with E-state index >= 15 is 0 Å². The van der Waals surface area contributed by atoms with Crippen LogP contribution in [0.25, 0.3) is 16.8 Å². The highest BCUT2D eigenvalue weighted by Gasteiger charge is 2.16. The molecule has 158 valence electrons. The Morgan fingerprint density at radius 3 is 2.65 bits per heavy atom. The maximum absolute atomic E-state index is 13.1. The van der Waals surface area contributed by atoms with Crippen LogP contribution < -0.4 is 5.32 Å². The lowest BCUT2D eigenvalue weighted by molar-refractivity contribution is 0.0936. The van der Waals surface area contributed by atoms with E-state index in [-0.39, 0.29) is 11.9 Å². The Labute approximate surface area is 180 Å². The normalized spacial score (nSPS) is 12.0. The molecule has 8 heteroatoms. The predicted octanol–water partition coefficient (Wildman–Crippen LogP) is 3.22. The van der Waals surface area contributed by atoms with Crippen molar-refractivity contribution in [3.63, 3.8) is 0 Å². The fourth-order valence-electron chi connectivity index (χ4n) is 3.45. The van der Waals surface area contributed by atoms with Gasteiger partial charge in [-0.15, -0.1) is 5.10 Å². The third-order valence-electron chi connectivity index (χ3n) is 5.06. The number of aromatic nitrogens is 6. The Morgan fingerprint density at radius 2 is 1.94 bits per heavy atom. The number of nitrogens with zero attached hydrogens (tertiary/aromatic N) is 6. The summed E-state index contributed by atoms with van der Waals surface area (Å²) >= 11 is 0. The predicted molar refractivity (Wildman–Crippen MR) is 118 cm³/mol. The standard InChI is InChI=1S/C23H25N7O/c1-4-22-26-27-28-30(22)21-13-19(18-8-6-16(2)7-9-18)12-20(14-21)23(31)25-17(3)15-29-11-5-10-24-29/h5-14,17H,4,15H2,1-3H3,(H,25,31). The zero-order valence-corrected chi connectivity index (χ0v) is 17.9. The molecule has 0 bridgehead atoms. The minimum Gasteiger partial charge on any atom is -0.348 e. The van der Waals surface area contributed by atoms with Gasteiger partial charge in [0.15, 0.2) is 5.82 Å². The lowest BCUT2D eigenvalue weighted by Crippen LogP contribution is -2.35. The highest BCUT2D eigenvalue weighted by atomic mass is 16.1. The Morgan fingerprint density at radius 1 is 1.13 bits per heavy atom. The van der Waals surface area contributed by atoms with Gasteiger partial charge in [-0.25, -0.2) is 0 Å². The van der Waals surface area contributed by atoms with Crippen molar-refractivity contribution in [2.75, 3.05) is 0 Å². The Kier molecular flexibility index (Phi) is 5.88. The molecule has 0 aliphatic carbocycles. The average Bonchev–Trinajstić information content (AvgIpc) is 3.45. The number of aryl methyl sites for hydroxylation is 2. The van der Waals surface area contributed by atoms with Crippen LogP contribution in [0.5, 0.6) is 0 Å². The molecule has 0 aliphatic rings. The summed E-state index contributed by atoms with van der Waals surface area (Å²) in [6.45, 7) is 6.60. The summed E-state index contributed by atoms with van der Waals surface area (Å²) in [5.74, 6) is 0.584. The van der Waals surface area contributed by atoms with Crippen molar-refractivity contribution in [1.29, 1.82) is 0 Å². The van der Waals surface area contributed by atoms with Gasteiger partial charge in [-0.1, -0.05) is 36.8 Å². The highest BCUT2D eigenvalue weighted by molar-refractivity contribution is 5.96. The molecule has 0 radical (unpaired) electrons. The smallest absolute Gasteiger partial charge is 0.251 e. The van der Waals surface area contributed by atoms with Gasteiger partial charge in [0.25, 0.3) is 5.91 Å². The SMILES string of the molecule is CCc1nnnn1-c1cc(C(=O)NC(C)Cn2cccn2)cc(-c2ccc(C)cc2)c1. The number of hydrogen-bond acceptors (Lipinski definition) is 5. The summed E-state index contributed by atoms with van der Waals surface area (Å²) in [5.41, 5.74) is 4.44. The topological polar surface area (TPSA) is 90.5 Å². The van der Waals surface area contributed by atoms with Gasteiger partial charge in [0.05, 0.1) is 12.2 Å². The average molecular weight is 416 g/mol. The van der Waals surface area contributed by atoms with Gasteiger partial charge in [-0.05, 0) is 59.7 Å². The van der Waals surface area contributed by atoms with Crippen molar-refractivity contribution in [2.24, 2.45) is 0 Å². The number of tetrazole rings is 1. The summed E-state index contributed by atoms with van der Waals surface area (Å²) in [5, 5.41) is 19.3. The molecule has 1 N–H and O–H groups in total. The van der Waals surface area contributed by atoms with E-state index in [4.69, 9.17) is 0 Å². The number of hydrogen-bond donors (Lipinski definition) is 1. The third kappa shape index (κ3) is 4.69. The molecule has 2 heterocycles. The Hall–Kier alpha value is -3.81. The lowest BCUT2D eigenvalue weighted by Gasteiger charge is -2.16. The van der Waals surface area contributed by atoms with E-state index < -0.39 is 0 Å². The zero-order chi connectivity index (χ0) is 21.8. The second-order valence-electron chi connectivity index (χ2n) is 7.60. The molecule has 0 fully saturated rings. The first kappa shape index (κ1) is 20.5. The molecule has 4 aromatic rings. The quantitative estimate of drug-likeness (QED) is 0.500. The van der Waals surface area contributed by atoms with Crippen LogP contribution in [0.4, 0.5) is 0 Å². The van der Waals surface area contributed by atoms with Crippen LogP contribution in [0.3, 0.4) is 0 Å². The monoisotopic (exact) mass is 415 g/mol. The zero-order valence-electron chi connectivity index (χ0n) is 17.9. The first-order chi connectivity index (χ1) is 15.0. The number of amides is 1. The fourth-order valence-corrected chi connectivity index (χ4v) is 3.45. The fraction of sp³-hybridized carbons (Fsp3) is 0.261. The third-order valence-corrected chi connectivity index (χ3v) is 5.06. The molecule has 0 saturated heterocycles. The molecule has 1 unspecified atom stereocenters. The molecule has 0 saturated carbocycles. The summed E-state index contributed by atoms with van der Waals surface area (Å²) < 4.78 is 3.48. The van der Waals surface area contributed by atoms with Gasteiger partial charge in [-0.3, -0.25) is 9.48 Å². The van der Waals surface area contributed by atoms with E-state index in [0.29, 0.717) is 18.5 Å². The van der Waals surface area contributed by atoms with Crippen LogP contribution in [0.15, 0.2) is 60.9 Å². The highest BCUT2D eigenvalue weighted by Crippen LogP contribution is 2.25. The van der Waals surface area contributed by atoms with Crippen molar-refractivity contribution in [1.82, 2.24) is 35.3 Å². The van der Waals surface area contributed by atoms with Crippen LogP contribution in [0.2, 0.25) is 0 Å². The van der Waals surface area contributed by atoms with E-state index in [1.54, 1.807) is 15.6 Å². The van der Waals surface area contributed by atoms with Gasteiger partial charge >= 0.3 is 0 Å². The molecule has 2 aromatic heterocycles. The second-order valence-corrected chi connectivity index (χ2v) is 7.60. The summed E-state index contributed by atoms with van der Waals surface area (Å²) in [4.78, 5) is 13.1. The van der Waals surface area contributed by atoms with Crippen molar-refractivity contribution in [3.05, 3.63) is 77.9 Å². The van der Waals surface area contributed by atoms with Gasteiger partial charge in [0.2, 0.25) is 0 Å². The first-order valence-corrected chi connectivity index (χ1v) is 10.3. The number of benzene rings is 2. The van der Waals surface area contributed by atoms with Crippen molar-refractivity contribution in [3.8, 4) is 16.8 Å². The van der Waals surface area contributed by atoms with Crippen molar-refractivity contribution < 1.29 is 4.79 Å². The number of carbonyl (C=O) groups is 1. The van der Waals surface area contributed by atoms with Crippen LogP contribution in [0, 0.1) is 6.92 Å². The number of rotatable bonds is 7. The largest absolute Gasteiger partial charge is 0.348 e.